The first-order valence-corrected chi connectivity index (χ1v) is 7.29. The molecule has 18 heavy (non-hydrogen) atoms. The Bertz CT molecular complexity index is 537. The van der Waals surface area contributed by atoms with Crippen LogP contribution < -0.4 is 0 Å². The fraction of sp³-hybridized carbons (Fsp3) is 0.500. The average molecular weight is 257 g/mol. The van der Waals surface area contributed by atoms with Gasteiger partial charge in [-0.1, -0.05) is 6.92 Å². The van der Waals surface area contributed by atoms with E-state index in [1.54, 1.807) is 11.8 Å². The summed E-state index contributed by atoms with van der Waals surface area (Å²) >= 11 is 1.59. The zero-order valence-corrected chi connectivity index (χ0v) is 11.3. The van der Waals surface area contributed by atoms with Gasteiger partial charge in [0.2, 0.25) is 0 Å². The molecule has 0 aliphatic heterocycles. The molecule has 0 radical (unpaired) electrons. The zero-order valence-electron chi connectivity index (χ0n) is 10.5. The summed E-state index contributed by atoms with van der Waals surface area (Å²) in [6, 6.07) is 4.38. The molecule has 0 saturated carbocycles. The molecule has 0 spiro atoms. The van der Waals surface area contributed by atoms with Gasteiger partial charge in [0.25, 0.3) is 0 Å². The number of thioether (sulfide) groups is 1. The van der Waals surface area contributed by atoms with Crippen molar-refractivity contribution in [3.63, 3.8) is 0 Å². The van der Waals surface area contributed by atoms with E-state index in [1.807, 2.05) is 0 Å². The lowest BCUT2D eigenvalue weighted by Gasteiger charge is -2.18. The number of fused-ring (bicyclic) bond motifs is 1. The van der Waals surface area contributed by atoms with E-state index in [0.29, 0.717) is 11.1 Å². The molecule has 1 aromatic heterocycles. The number of pyridine rings is 1. The molecule has 3 nitrogen and oxygen atoms in total. The van der Waals surface area contributed by atoms with Crippen molar-refractivity contribution in [1.29, 1.82) is 10.5 Å². The Labute approximate surface area is 112 Å². The van der Waals surface area contributed by atoms with E-state index in [1.165, 1.54) is 0 Å². The topological polar surface area (TPSA) is 60.5 Å². The third kappa shape index (κ3) is 2.35. The normalized spacial score (nSPS) is 13.5. The first-order chi connectivity index (χ1) is 8.81. The van der Waals surface area contributed by atoms with Gasteiger partial charge < -0.3 is 0 Å². The van der Waals surface area contributed by atoms with Gasteiger partial charge in [-0.15, -0.1) is 11.8 Å². The second-order valence-electron chi connectivity index (χ2n) is 4.37. The summed E-state index contributed by atoms with van der Waals surface area (Å²) in [4.78, 5) is 4.62. The van der Waals surface area contributed by atoms with Crippen LogP contribution in [0.15, 0.2) is 5.03 Å². The van der Waals surface area contributed by atoms with E-state index in [0.717, 1.165) is 54.1 Å². The third-order valence-corrected chi connectivity index (χ3v) is 4.29. The number of aryl methyl sites for hydroxylation is 1. The SMILES string of the molecule is CCCSc1nc2c(c(C#N)c1C#N)CCCC2. The minimum absolute atomic E-state index is 0.483. The van der Waals surface area contributed by atoms with Crippen LogP contribution in [0.4, 0.5) is 0 Å². The van der Waals surface area contributed by atoms with Crippen LogP contribution in [-0.4, -0.2) is 10.7 Å². The molecule has 0 N–H and O–H groups in total. The summed E-state index contributed by atoms with van der Waals surface area (Å²) in [6.07, 6.45) is 5.09. The minimum atomic E-state index is 0.483. The van der Waals surface area contributed by atoms with Crippen LogP contribution in [0.3, 0.4) is 0 Å². The molecular weight excluding hydrogens is 242 g/mol. The fourth-order valence-corrected chi connectivity index (χ4v) is 3.11. The molecule has 2 rings (SSSR count). The number of rotatable bonds is 3. The molecule has 0 fully saturated rings. The van der Waals surface area contributed by atoms with Crippen molar-refractivity contribution in [2.24, 2.45) is 0 Å². The average Bonchev–Trinajstić information content (AvgIpc) is 2.43. The highest BCUT2D eigenvalue weighted by atomic mass is 32.2. The van der Waals surface area contributed by atoms with Gasteiger partial charge in [-0.05, 0) is 43.4 Å². The molecule has 1 aliphatic carbocycles. The molecule has 0 aromatic carbocycles. The minimum Gasteiger partial charge on any atom is -0.245 e. The molecule has 0 amide bonds. The van der Waals surface area contributed by atoms with Gasteiger partial charge in [0, 0.05) is 5.69 Å². The lowest BCUT2D eigenvalue weighted by atomic mass is 9.91. The second-order valence-corrected chi connectivity index (χ2v) is 5.46. The highest BCUT2D eigenvalue weighted by Gasteiger charge is 2.21. The Morgan fingerprint density at radius 3 is 2.56 bits per heavy atom. The number of hydrogen-bond donors (Lipinski definition) is 0. The van der Waals surface area contributed by atoms with Gasteiger partial charge >= 0.3 is 0 Å². The maximum absolute atomic E-state index is 9.32. The van der Waals surface area contributed by atoms with Crippen molar-refractivity contribution >= 4 is 11.8 Å². The Balaban J connectivity index is 2.54. The molecule has 0 bridgehead atoms. The summed E-state index contributed by atoms with van der Waals surface area (Å²) in [5.74, 6) is 0.936. The van der Waals surface area contributed by atoms with Crippen LogP contribution >= 0.6 is 11.8 Å². The van der Waals surface area contributed by atoms with Crippen molar-refractivity contribution in [3.8, 4) is 12.1 Å². The molecular formula is C14H15N3S. The molecule has 0 atom stereocenters. The van der Waals surface area contributed by atoms with E-state index >= 15 is 0 Å². The molecule has 1 aromatic rings. The molecule has 1 heterocycles. The summed E-state index contributed by atoms with van der Waals surface area (Å²) < 4.78 is 0. The van der Waals surface area contributed by atoms with Crippen molar-refractivity contribution < 1.29 is 0 Å². The maximum atomic E-state index is 9.32. The Hall–Kier alpha value is -1.52. The van der Waals surface area contributed by atoms with Crippen LogP contribution in [0.25, 0.3) is 0 Å². The van der Waals surface area contributed by atoms with E-state index in [2.05, 4.69) is 24.0 Å². The molecule has 1 aliphatic rings. The molecule has 4 heteroatoms. The van der Waals surface area contributed by atoms with Gasteiger partial charge in [0.05, 0.1) is 5.56 Å². The smallest absolute Gasteiger partial charge is 0.115 e. The van der Waals surface area contributed by atoms with Crippen LogP contribution in [-0.2, 0) is 12.8 Å². The van der Waals surface area contributed by atoms with E-state index < -0.39 is 0 Å². The predicted molar refractivity (Wildman–Crippen MR) is 71.3 cm³/mol. The van der Waals surface area contributed by atoms with Crippen molar-refractivity contribution in [2.45, 2.75) is 44.1 Å². The molecule has 0 saturated heterocycles. The van der Waals surface area contributed by atoms with Gasteiger partial charge in [-0.2, -0.15) is 10.5 Å². The first kappa shape index (κ1) is 12.9. The number of nitriles is 2. The monoisotopic (exact) mass is 257 g/mol. The molecule has 0 unspecified atom stereocenters. The number of nitrogens with zero attached hydrogens (tertiary/aromatic N) is 3. The van der Waals surface area contributed by atoms with Gasteiger partial charge in [-0.3, -0.25) is 0 Å². The summed E-state index contributed by atoms with van der Waals surface area (Å²) in [5.41, 5.74) is 3.11. The lowest BCUT2D eigenvalue weighted by Crippen LogP contribution is -2.11. The Kier molecular flexibility index (Phi) is 4.23. The molecule has 92 valence electrons. The van der Waals surface area contributed by atoms with Crippen LogP contribution in [0, 0.1) is 22.7 Å². The van der Waals surface area contributed by atoms with E-state index in [9.17, 15) is 10.5 Å². The van der Waals surface area contributed by atoms with Crippen LogP contribution in [0.2, 0.25) is 0 Å². The summed E-state index contributed by atoms with van der Waals surface area (Å²) in [7, 11) is 0. The maximum Gasteiger partial charge on any atom is 0.115 e. The van der Waals surface area contributed by atoms with Gasteiger partial charge in [-0.25, -0.2) is 4.98 Å². The zero-order chi connectivity index (χ0) is 13.0. The summed E-state index contributed by atoms with van der Waals surface area (Å²) in [6.45, 7) is 2.10. The summed E-state index contributed by atoms with van der Waals surface area (Å²) in [5, 5.41) is 19.3. The van der Waals surface area contributed by atoms with Gasteiger partial charge in [0.1, 0.15) is 22.7 Å². The Morgan fingerprint density at radius 1 is 1.17 bits per heavy atom. The highest BCUT2D eigenvalue weighted by molar-refractivity contribution is 7.99. The largest absolute Gasteiger partial charge is 0.245 e. The fourth-order valence-electron chi connectivity index (χ4n) is 2.25. The van der Waals surface area contributed by atoms with Crippen molar-refractivity contribution in [3.05, 3.63) is 22.4 Å². The van der Waals surface area contributed by atoms with Crippen molar-refractivity contribution in [1.82, 2.24) is 4.98 Å². The highest BCUT2D eigenvalue weighted by Crippen LogP contribution is 2.31. The number of aromatic nitrogens is 1. The Morgan fingerprint density at radius 2 is 1.89 bits per heavy atom. The van der Waals surface area contributed by atoms with Gasteiger partial charge in [0.15, 0.2) is 0 Å². The quantitative estimate of drug-likeness (QED) is 0.780. The first-order valence-electron chi connectivity index (χ1n) is 6.30. The van der Waals surface area contributed by atoms with E-state index in [-0.39, 0.29) is 0 Å². The van der Waals surface area contributed by atoms with E-state index in [4.69, 9.17) is 0 Å². The second kappa shape index (κ2) is 5.89. The number of hydrogen-bond acceptors (Lipinski definition) is 4. The predicted octanol–water partition coefficient (Wildman–Crippen LogP) is 3.21. The van der Waals surface area contributed by atoms with Crippen molar-refractivity contribution in [2.75, 3.05) is 5.75 Å². The third-order valence-electron chi connectivity index (χ3n) is 3.11. The van der Waals surface area contributed by atoms with Crippen LogP contribution in [0.1, 0.15) is 48.6 Å². The van der Waals surface area contributed by atoms with Crippen LogP contribution in [0.5, 0.6) is 0 Å². The lowest BCUT2D eigenvalue weighted by molar-refractivity contribution is 0.658. The standard InChI is InChI=1S/C14H15N3S/c1-2-7-18-14-12(9-16)11(8-15)10-5-3-4-6-13(10)17-14/h2-7H2,1H3.